The number of halogens is 1. The minimum atomic E-state index is -0.164. The van der Waals surface area contributed by atoms with Crippen LogP contribution in [-0.4, -0.2) is 5.91 Å². The molecule has 2 nitrogen and oxygen atoms in total. The molecule has 0 aliphatic heterocycles. The molecular formula is C20H16INO. The predicted molar refractivity (Wildman–Crippen MR) is 101 cm³/mol. The normalized spacial score (nSPS) is 10.5. The molecule has 0 spiro atoms. The molecule has 1 N–H and O–H groups in total. The van der Waals surface area contributed by atoms with E-state index in [9.17, 15) is 4.79 Å². The maximum atomic E-state index is 12.6. The summed E-state index contributed by atoms with van der Waals surface area (Å²) in [4.78, 5) is 12.6. The van der Waals surface area contributed by atoms with Gasteiger partial charge in [0.15, 0.2) is 0 Å². The van der Waals surface area contributed by atoms with E-state index >= 15 is 0 Å². The number of amides is 1. The minimum Gasteiger partial charge on any atom is -0.341 e. The molecule has 0 heterocycles. The topological polar surface area (TPSA) is 29.1 Å². The molecule has 23 heavy (non-hydrogen) atoms. The monoisotopic (exact) mass is 413 g/mol. The fourth-order valence-electron chi connectivity index (χ4n) is 2.49. The number of hydrogen-bond acceptors (Lipinski definition) is 1. The van der Waals surface area contributed by atoms with Crippen molar-refractivity contribution in [3.63, 3.8) is 0 Å². The minimum absolute atomic E-state index is 0.0683. The van der Waals surface area contributed by atoms with Crippen molar-refractivity contribution in [3.05, 3.63) is 105 Å². The van der Waals surface area contributed by atoms with E-state index in [1.807, 2.05) is 84.9 Å². The third kappa shape index (κ3) is 3.99. The zero-order valence-corrected chi connectivity index (χ0v) is 14.6. The molecule has 0 saturated heterocycles. The number of carbonyl (C=O) groups is 1. The van der Waals surface area contributed by atoms with Crippen molar-refractivity contribution < 1.29 is 4.79 Å². The van der Waals surface area contributed by atoms with Gasteiger partial charge in [-0.2, -0.15) is 0 Å². The van der Waals surface area contributed by atoms with Gasteiger partial charge >= 0.3 is 0 Å². The second-order valence-corrected chi connectivity index (χ2v) is 6.48. The first-order valence-corrected chi connectivity index (χ1v) is 8.48. The largest absolute Gasteiger partial charge is 0.341 e. The SMILES string of the molecule is O=C(NC(c1ccccc1)c1ccccc1)c1cccc(I)c1. The lowest BCUT2D eigenvalue weighted by Crippen LogP contribution is -2.29. The van der Waals surface area contributed by atoms with Crippen LogP contribution in [0.2, 0.25) is 0 Å². The van der Waals surface area contributed by atoms with Crippen molar-refractivity contribution in [3.8, 4) is 0 Å². The standard InChI is InChI=1S/C20H16INO/c21-18-13-7-12-17(14-18)20(23)22-19(15-8-3-1-4-9-15)16-10-5-2-6-11-16/h1-14,19H,(H,22,23). The van der Waals surface area contributed by atoms with E-state index < -0.39 is 0 Å². The highest BCUT2D eigenvalue weighted by Crippen LogP contribution is 2.22. The Kier molecular flexibility index (Phi) is 5.08. The highest BCUT2D eigenvalue weighted by molar-refractivity contribution is 14.1. The van der Waals surface area contributed by atoms with Crippen LogP contribution in [0.15, 0.2) is 84.9 Å². The Labute approximate surface area is 149 Å². The molecule has 3 heteroatoms. The molecule has 0 aliphatic carbocycles. The smallest absolute Gasteiger partial charge is 0.252 e. The molecule has 0 radical (unpaired) electrons. The molecule has 114 valence electrons. The fraction of sp³-hybridized carbons (Fsp3) is 0.0500. The van der Waals surface area contributed by atoms with Crippen LogP contribution in [-0.2, 0) is 0 Å². The third-order valence-electron chi connectivity index (χ3n) is 3.63. The number of rotatable bonds is 4. The molecule has 0 fully saturated rings. The van der Waals surface area contributed by atoms with Crippen LogP contribution in [0.3, 0.4) is 0 Å². The molecular weight excluding hydrogens is 397 g/mol. The van der Waals surface area contributed by atoms with E-state index in [0.29, 0.717) is 5.56 Å². The van der Waals surface area contributed by atoms with Crippen LogP contribution in [0, 0.1) is 3.57 Å². The van der Waals surface area contributed by atoms with Crippen molar-refractivity contribution in [2.24, 2.45) is 0 Å². The highest BCUT2D eigenvalue weighted by atomic mass is 127. The van der Waals surface area contributed by atoms with Crippen LogP contribution in [0.25, 0.3) is 0 Å². The lowest BCUT2D eigenvalue weighted by atomic mass is 9.98. The lowest BCUT2D eigenvalue weighted by molar-refractivity contribution is 0.0943. The van der Waals surface area contributed by atoms with Gasteiger partial charge in [0, 0.05) is 9.13 Å². The summed E-state index contributed by atoms with van der Waals surface area (Å²) in [7, 11) is 0. The maximum Gasteiger partial charge on any atom is 0.252 e. The highest BCUT2D eigenvalue weighted by Gasteiger charge is 2.17. The quantitative estimate of drug-likeness (QED) is 0.612. The van der Waals surface area contributed by atoms with E-state index in [4.69, 9.17) is 0 Å². The van der Waals surface area contributed by atoms with E-state index in [1.54, 1.807) is 0 Å². The van der Waals surface area contributed by atoms with Gasteiger partial charge in [0.05, 0.1) is 6.04 Å². The molecule has 3 aromatic carbocycles. The molecule has 0 saturated carbocycles. The Hall–Kier alpha value is -2.14. The molecule has 0 unspecified atom stereocenters. The lowest BCUT2D eigenvalue weighted by Gasteiger charge is -2.20. The summed E-state index contributed by atoms with van der Waals surface area (Å²) < 4.78 is 1.05. The van der Waals surface area contributed by atoms with Crippen LogP contribution >= 0.6 is 22.6 Å². The van der Waals surface area contributed by atoms with Gasteiger partial charge in [-0.3, -0.25) is 4.79 Å². The molecule has 0 aliphatic rings. The zero-order chi connectivity index (χ0) is 16.1. The Bertz CT molecular complexity index is 748. The van der Waals surface area contributed by atoms with Gasteiger partial charge < -0.3 is 5.32 Å². The fourth-order valence-corrected chi connectivity index (χ4v) is 3.04. The zero-order valence-electron chi connectivity index (χ0n) is 12.4. The molecule has 3 aromatic rings. The summed E-state index contributed by atoms with van der Waals surface area (Å²) in [5.74, 6) is -0.0683. The van der Waals surface area contributed by atoms with Crippen LogP contribution in [0.1, 0.15) is 27.5 Å². The molecule has 0 bridgehead atoms. The average Bonchev–Trinajstić information content (AvgIpc) is 2.61. The summed E-state index contributed by atoms with van der Waals surface area (Å²) in [5, 5.41) is 3.15. The van der Waals surface area contributed by atoms with Gasteiger partial charge in [-0.25, -0.2) is 0 Å². The van der Waals surface area contributed by atoms with Crippen molar-refractivity contribution in [2.45, 2.75) is 6.04 Å². The second-order valence-electron chi connectivity index (χ2n) is 5.24. The predicted octanol–water partition coefficient (Wildman–Crippen LogP) is 4.81. The van der Waals surface area contributed by atoms with E-state index in [-0.39, 0.29) is 11.9 Å². The van der Waals surface area contributed by atoms with Crippen molar-refractivity contribution in [1.29, 1.82) is 0 Å². The van der Waals surface area contributed by atoms with Crippen molar-refractivity contribution in [1.82, 2.24) is 5.32 Å². The van der Waals surface area contributed by atoms with Gasteiger partial charge in [-0.15, -0.1) is 0 Å². The second kappa shape index (κ2) is 7.42. The Morgan fingerprint density at radius 3 is 1.87 bits per heavy atom. The number of benzene rings is 3. The van der Waals surface area contributed by atoms with E-state index in [2.05, 4.69) is 27.9 Å². The van der Waals surface area contributed by atoms with Gasteiger partial charge in [-0.1, -0.05) is 66.7 Å². The summed E-state index contributed by atoms with van der Waals surface area (Å²) >= 11 is 2.22. The third-order valence-corrected chi connectivity index (χ3v) is 4.30. The first-order valence-electron chi connectivity index (χ1n) is 7.40. The summed E-state index contributed by atoms with van der Waals surface area (Å²) in [6.07, 6.45) is 0. The van der Waals surface area contributed by atoms with Crippen LogP contribution in [0.5, 0.6) is 0 Å². The number of nitrogens with one attached hydrogen (secondary N) is 1. The van der Waals surface area contributed by atoms with Gasteiger partial charge in [0.2, 0.25) is 0 Å². The Morgan fingerprint density at radius 2 is 1.35 bits per heavy atom. The first kappa shape index (κ1) is 15.7. The first-order chi connectivity index (χ1) is 11.2. The summed E-state index contributed by atoms with van der Waals surface area (Å²) in [6.45, 7) is 0. The van der Waals surface area contributed by atoms with Crippen LogP contribution < -0.4 is 5.32 Å². The molecule has 0 atom stereocenters. The van der Waals surface area contributed by atoms with Crippen molar-refractivity contribution >= 4 is 28.5 Å². The van der Waals surface area contributed by atoms with Gasteiger partial charge in [0.25, 0.3) is 5.91 Å². The molecule has 1 amide bonds. The van der Waals surface area contributed by atoms with Crippen LogP contribution in [0.4, 0.5) is 0 Å². The van der Waals surface area contributed by atoms with Gasteiger partial charge in [-0.05, 0) is 51.9 Å². The average molecular weight is 413 g/mol. The molecule has 3 rings (SSSR count). The maximum absolute atomic E-state index is 12.6. The number of hydrogen-bond donors (Lipinski definition) is 1. The molecule has 0 aromatic heterocycles. The summed E-state index contributed by atoms with van der Waals surface area (Å²) in [6, 6.07) is 27.5. The van der Waals surface area contributed by atoms with E-state index in [1.165, 1.54) is 0 Å². The summed E-state index contributed by atoms with van der Waals surface area (Å²) in [5.41, 5.74) is 2.81. The number of carbonyl (C=O) groups excluding carboxylic acids is 1. The van der Waals surface area contributed by atoms with Gasteiger partial charge in [0.1, 0.15) is 0 Å². The van der Waals surface area contributed by atoms with E-state index in [0.717, 1.165) is 14.7 Å². The Balaban J connectivity index is 1.92. The Morgan fingerprint density at radius 1 is 0.783 bits per heavy atom. The van der Waals surface area contributed by atoms with Crippen molar-refractivity contribution in [2.75, 3.05) is 0 Å².